The molecular formula is C17H17ClN2O. The van der Waals surface area contributed by atoms with Crippen molar-refractivity contribution in [2.45, 2.75) is 26.0 Å². The molecule has 0 saturated carbocycles. The third-order valence-corrected chi connectivity index (χ3v) is 3.67. The minimum atomic E-state index is -1.00. The Balaban J connectivity index is 2.15. The number of hydrogen-bond donors (Lipinski definition) is 1. The van der Waals surface area contributed by atoms with Gasteiger partial charge >= 0.3 is 0 Å². The van der Waals surface area contributed by atoms with Gasteiger partial charge in [0.2, 0.25) is 0 Å². The van der Waals surface area contributed by atoms with Crippen LogP contribution in [0.15, 0.2) is 48.5 Å². The Morgan fingerprint density at radius 1 is 1.14 bits per heavy atom. The van der Waals surface area contributed by atoms with Crippen LogP contribution in [0, 0.1) is 0 Å². The van der Waals surface area contributed by atoms with Gasteiger partial charge in [0.1, 0.15) is 11.4 Å². The van der Waals surface area contributed by atoms with E-state index in [2.05, 4.69) is 4.98 Å². The van der Waals surface area contributed by atoms with Crippen LogP contribution in [0.25, 0.3) is 11.0 Å². The van der Waals surface area contributed by atoms with Crippen molar-refractivity contribution >= 4 is 22.6 Å². The van der Waals surface area contributed by atoms with E-state index in [-0.39, 0.29) is 0 Å². The van der Waals surface area contributed by atoms with Crippen LogP contribution in [-0.4, -0.2) is 14.7 Å². The normalized spacial score (nSPS) is 12.0. The SMILES string of the molecule is CC(C)(O)c1nc2ccccc2n1Cc1cccc(Cl)c1. The maximum Gasteiger partial charge on any atom is 0.141 e. The fraction of sp³-hybridized carbons (Fsp3) is 0.235. The second kappa shape index (κ2) is 5.17. The van der Waals surface area contributed by atoms with Crippen molar-refractivity contribution < 1.29 is 5.11 Å². The molecule has 0 fully saturated rings. The van der Waals surface area contributed by atoms with Gasteiger partial charge in [0.15, 0.2) is 0 Å². The average molecular weight is 301 g/mol. The number of halogens is 1. The quantitative estimate of drug-likeness (QED) is 0.795. The molecule has 21 heavy (non-hydrogen) atoms. The van der Waals surface area contributed by atoms with Crippen molar-refractivity contribution in [3.8, 4) is 0 Å². The Bertz CT molecular complexity index is 787. The Morgan fingerprint density at radius 2 is 1.90 bits per heavy atom. The van der Waals surface area contributed by atoms with Gasteiger partial charge in [-0.1, -0.05) is 35.9 Å². The number of fused-ring (bicyclic) bond motifs is 1. The number of benzene rings is 2. The first kappa shape index (κ1) is 14.1. The minimum absolute atomic E-state index is 0.625. The maximum atomic E-state index is 10.4. The summed E-state index contributed by atoms with van der Waals surface area (Å²) in [5.74, 6) is 0.656. The van der Waals surface area contributed by atoms with E-state index in [0.29, 0.717) is 17.4 Å². The summed E-state index contributed by atoms with van der Waals surface area (Å²) in [4.78, 5) is 4.58. The number of aromatic nitrogens is 2. The molecule has 0 aliphatic heterocycles. The van der Waals surface area contributed by atoms with Crippen LogP contribution in [-0.2, 0) is 12.1 Å². The van der Waals surface area contributed by atoms with Gasteiger partial charge in [0, 0.05) is 11.6 Å². The van der Waals surface area contributed by atoms with Crippen LogP contribution in [0.1, 0.15) is 25.2 Å². The summed E-state index contributed by atoms with van der Waals surface area (Å²) in [5, 5.41) is 11.1. The highest BCUT2D eigenvalue weighted by Gasteiger charge is 2.24. The summed E-state index contributed by atoms with van der Waals surface area (Å²) in [6, 6.07) is 15.6. The first-order valence-electron chi connectivity index (χ1n) is 6.88. The molecule has 0 radical (unpaired) electrons. The number of aliphatic hydroxyl groups is 1. The zero-order chi connectivity index (χ0) is 15.0. The first-order valence-corrected chi connectivity index (χ1v) is 7.25. The summed E-state index contributed by atoms with van der Waals surface area (Å²) < 4.78 is 2.04. The number of para-hydroxylation sites is 2. The van der Waals surface area contributed by atoms with E-state index in [1.165, 1.54) is 0 Å². The Labute approximate surface area is 128 Å². The molecular weight excluding hydrogens is 284 g/mol. The van der Waals surface area contributed by atoms with Crippen LogP contribution in [0.2, 0.25) is 5.02 Å². The van der Waals surface area contributed by atoms with Gasteiger partial charge in [-0.3, -0.25) is 0 Å². The molecule has 0 saturated heterocycles. The van der Waals surface area contributed by atoms with Crippen molar-refractivity contribution in [3.05, 3.63) is 64.9 Å². The molecule has 0 spiro atoms. The van der Waals surface area contributed by atoms with E-state index in [9.17, 15) is 5.11 Å². The number of hydrogen-bond acceptors (Lipinski definition) is 2. The van der Waals surface area contributed by atoms with Gasteiger partial charge in [-0.25, -0.2) is 4.98 Å². The van der Waals surface area contributed by atoms with E-state index < -0.39 is 5.60 Å². The number of rotatable bonds is 3. The smallest absolute Gasteiger partial charge is 0.141 e. The van der Waals surface area contributed by atoms with Crippen molar-refractivity contribution in [2.75, 3.05) is 0 Å². The molecule has 4 heteroatoms. The summed E-state index contributed by atoms with van der Waals surface area (Å²) >= 11 is 6.06. The lowest BCUT2D eigenvalue weighted by Crippen LogP contribution is -2.22. The third kappa shape index (κ3) is 2.80. The lowest BCUT2D eigenvalue weighted by atomic mass is 10.1. The second-order valence-electron chi connectivity index (χ2n) is 5.70. The van der Waals surface area contributed by atoms with Gasteiger partial charge < -0.3 is 9.67 Å². The highest BCUT2D eigenvalue weighted by molar-refractivity contribution is 6.30. The molecule has 3 aromatic rings. The molecule has 0 aliphatic carbocycles. The molecule has 0 atom stereocenters. The Kier molecular flexibility index (Phi) is 3.47. The summed E-state index contributed by atoms with van der Waals surface area (Å²) in [5.41, 5.74) is 1.97. The second-order valence-corrected chi connectivity index (χ2v) is 6.14. The zero-order valence-electron chi connectivity index (χ0n) is 12.0. The van der Waals surface area contributed by atoms with Crippen LogP contribution >= 0.6 is 11.6 Å². The molecule has 0 bridgehead atoms. The highest BCUT2D eigenvalue weighted by atomic mass is 35.5. The molecule has 3 nitrogen and oxygen atoms in total. The molecule has 0 amide bonds. The monoisotopic (exact) mass is 300 g/mol. The third-order valence-electron chi connectivity index (χ3n) is 3.43. The molecule has 1 aromatic heterocycles. The molecule has 2 aromatic carbocycles. The zero-order valence-corrected chi connectivity index (χ0v) is 12.8. The van der Waals surface area contributed by atoms with Crippen molar-refractivity contribution in [1.29, 1.82) is 0 Å². The van der Waals surface area contributed by atoms with Gasteiger partial charge in [-0.15, -0.1) is 0 Å². The largest absolute Gasteiger partial charge is 0.383 e. The fourth-order valence-electron chi connectivity index (χ4n) is 2.52. The summed E-state index contributed by atoms with van der Waals surface area (Å²) in [6.07, 6.45) is 0. The Hall–Kier alpha value is -1.84. The molecule has 0 aliphatic rings. The molecule has 1 heterocycles. The topological polar surface area (TPSA) is 38.1 Å². The van der Waals surface area contributed by atoms with E-state index in [1.807, 2.05) is 53.1 Å². The van der Waals surface area contributed by atoms with Crippen molar-refractivity contribution in [1.82, 2.24) is 9.55 Å². The van der Waals surface area contributed by atoms with Gasteiger partial charge in [-0.2, -0.15) is 0 Å². The van der Waals surface area contributed by atoms with Crippen molar-refractivity contribution in [2.24, 2.45) is 0 Å². The molecule has 1 N–H and O–H groups in total. The first-order chi connectivity index (χ1) is 9.95. The summed E-state index contributed by atoms with van der Waals surface area (Å²) in [7, 11) is 0. The van der Waals surface area contributed by atoms with Crippen molar-refractivity contribution in [3.63, 3.8) is 0 Å². The molecule has 108 valence electrons. The number of nitrogens with zero attached hydrogens (tertiary/aromatic N) is 2. The van der Waals surface area contributed by atoms with Gasteiger partial charge in [0.05, 0.1) is 11.0 Å². The predicted octanol–water partition coefficient (Wildman–Crippen LogP) is 3.97. The van der Waals surface area contributed by atoms with Crippen LogP contribution in [0.5, 0.6) is 0 Å². The van der Waals surface area contributed by atoms with Crippen LogP contribution in [0.3, 0.4) is 0 Å². The standard InChI is InChI=1S/C17H17ClN2O/c1-17(2,21)16-19-14-8-3-4-9-15(14)20(16)11-12-6-5-7-13(18)10-12/h3-10,21H,11H2,1-2H3. The lowest BCUT2D eigenvalue weighted by molar-refractivity contribution is 0.0657. The van der Waals surface area contributed by atoms with Crippen LogP contribution in [0.4, 0.5) is 0 Å². The van der Waals surface area contributed by atoms with E-state index in [4.69, 9.17) is 11.6 Å². The average Bonchev–Trinajstić information content (AvgIpc) is 2.78. The van der Waals surface area contributed by atoms with E-state index in [1.54, 1.807) is 13.8 Å². The van der Waals surface area contributed by atoms with Gasteiger partial charge in [0.25, 0.3) is 0 Å². The van der Waals surface area contributed by atoms with Crippen LogP contribution < -0.4 is 0 Å². The Morgan fingerprint density at radius 3 is 2.62 bits per heavy atom. The van der Waals surface area contributed by atoms with Gasteiger partial charge in [-0.05, 0) is 43.7 Å². The summed E-state index contributed by atoms with van der Waals surface area (Å²) in [6.45, 7) is 4.13. The maximum absolute atomic E-state index is 10.4. The highest BCUT2D eigenvalue weighted by Crippen LogP contribution is 2.26. The molecule has 0 unspecified atom stereocenters. The lowest BCUT2D eigenvalue weighted by Gasteiger charge is -2.19. The number of imidazole rings is 1. The minimum Gasteiger partial charge on any atom is -0.383 e. The van der Waals surface area contributed by atoms with E-state index >= 15 is 0 Å². The fourth-order valence-corrected chi connectivity index (χ4v) is 2.73. The molecule has 3 rings (SSSR count). The van der Waals surface area contributed by atoms with E-state index in [0.717, 1.165) is 16.6 Å². The predicted molar refractivity (Wildman–Crippen MR) is 85.5 cm³/mol.